The molecule has 0 radical (unpaired) electrons. The summed E-state index contributed by atoms with van der Waals surface area (Å²) in [4.78, 5) is 22.0. The largest absolute Gasteiger partial charge is 0.391 e. The molecule has 1 aromatic carbocycles. The minimum Gasteiger partial charge on any atom is -0.391 e. The first-order chi connectivity index (χ1) is 9.74. The van der Waals surface area contributed by atoms with Gasteiger partial charge in [-0.3, -0.25) is 4.79 Å². The normalized spacial score (nSPS) is 14.8. The molecule has 0 spiro atoms. The number of oxime groups is 1. The number of aromatic nitrogens is 2. The van der Waals surface area contributed by atoms with E-state index in [0.717, 1.165) is 5.56 Å². The van der Waals surface area contributed by atoms with Crippen molar-refractivity contribution < 1.29 is 9.63 Å². The van der Waals surface area contributed by atoms with Crippen molar-refractivity contribution in [2.75, 3.05) is 6.61 Å². The Morgan fingerprint density at radius 2 is 2.15 bits per heavy atom. The maximum Gasteiger partial charge on any atom is 0.212 e. The molecule has 0 atom stereocenters. The van der Waals surface area contributed by atoms with Crippen LogP contribution < -0.4 is 0 Å². The summed E-state index contributed by atoms with van der Waals surface area (Å²) in [6.07, 6.45) is 3.22. The third kappa shape index (κ3) is 1.75. The molecule has 3 rings (SSSR count). The first-order valence-corrected chi connectivity index (χ1v) is 6.20. The Bertz CT molecular complexity index is 728. The Balaban J connectivity index is 2.20. The van der Waals surface area contributed by atoms with Gasteiger partial charge in [-0.05, 0) is 0 Å². The molecule has 5 heteroatoms. The Labute approximate surface area is 116 Å². The molecule has 1 aliphatic rings. The molecule has 1 aromatic heterocycles. The lowest BCUT2D eigenvalue weighted by Crippen LogP contribution is -2.23. The second kappa shape index (κ2) is 4.77. The number of aryl methyl sites for hydroxylation is 1. The van der Waals surface area contributed by atoms with E-state index in [1.54, 1.807) is 30.1 Å². The third-order valence-electron chi connectivity index (χ3n) is 3.15. The number of carbonyl (C=O) groups is 1. The van der Waals surface area contributed by atoms with E-state index in [9.17, 15) is 4.79 Å². The zero-order chi connectivity index (χ0) is 14.1. The van der Waals surface area contributed by atoms with E-state index >= 15 is 0 Å². The van der Waals surface area contributed by atoms with Crippen LogP contribution in [0.3, 0.4) is 0 Å². The van der Waals surface area contributed by atoms with Crippen LogP contribution in [0.15, 0.2) is 48.4 Å². The van der Waals surface area contributed by atoms with Crippen LogP contribution in [-0.4, -0.2) is 27.7 Å². The van der Waals surface area contributed by atoms with Gasteiger partial charge in [-0.25, -0.2) is 4.98 Å². The number of imidazole rings is 1. The second-order valence-electron chi connectivity index (χ2n) is 4.45. The number of benzene rings is 1. The van der Waals surface area contributed by atoms with Gasteiger partial charge in [0.15, 0.2) is 0 Å². The van der Waals surface area contributed by atoms with Crippen LogP contribution in [0.2, 0.25) is 0 Å². The molecule has 5 nitrogen and oxygen atoms in total. The highest BCUT2D eigenvalue weighted by Crippen LogP contribution is 2.26. The van der Waals surface area contributed by atoms with E-state index in [1.807, 2.05) is 18.2 Å². The minimum absolute atomic E-state index is 0.0433. The maximum atomic E-state index is 12.5. The summed E-state index contributed by atoms with van der Waals surface area (Å²) in [7, 11) is 1.79. The highest BCUT2D eigenvalue weighted by Gasteiger charge is 2.32. The van der Waals surface area contributed by atoms with Crippen molar-refractivity contribution >= 4 is 11.5 Å². The van der Waals surface area contributed by atoms with Gasteiger partial charge in [0.1, 0.15) is 23.7 Å². The SMILES string of the molecule is C=CCO/N=C1\c2ccccc2C(=O)c2c1ncn2C. The number of fused-ring (bicyclic) bond motifs is 2. The fourth-order valence-corrected chi connectivity index (χ4v) is 2.26. The van der Waals surface area contributed by atoms with E-state index in [0.29, 0.717) is 29.3 Å². The lowest BCUT2D eigenvalue weighted by Gasteiger charge is -2.16. The first-order valence-electron chi connectivity index (χ1n) is 6.20. The van der Waals surface area contributed by atoms with Crippen molar-refractivity contribution in [3.05, 3.63) is 65.8 Å². The fraction of sp³-hybridized carbons (Fsp3) is 0.133. The number of nitrogens with zero attached hydrogens (tertiary/aromatic N) is 3. The van der Waals surface area contributed by atoms with Gasteiger partial charge < -0.3 is 9.40 Å². The van der Waals surface area contributed by atoms with Crippen molar-refractivity contribution in [1.82, 2.24) is 9.55 Å². The maximum absolute atomic E-state index is 12.5. The summed E-state index contributed by atoms with van der Waals surface area (Å²) >= 11 is 0. The van der Waals surface area contributed by atoms with Crippen molar-refractivity contribution in [1.29, 1.82) is 0 Å². The van der Waals surface area contributed by atoms with Crippen molar-refractivity contribution in [3.8, 4) is 0 Å². The Hall–Kier alpha value is -2.69. The lowest BCUT2D eigenvalue weighted by molar-refractivity contribution is 0.102. The Kier molecular flexibility index (Phi) is 2.95. The second-order valence-corrected chi connectivity index (χ2v) is 4.45. The summed E-state index contributed by atoms with van der Waals surface area (Å²) in [6.45, 7) is 3.89. The number of rotatable bonds is 3. The molecular formula is C15H13N3O2. The zero-order valence-electron chi connectivity index (χ0n) is 11.0. The van der Waals surface area contributed by atoms with E-state index in [-0.39, 0.29) is 5.78 Å². The average molecular weight is 267 g/mol. The number of hydrogen-bond acceptors (Lipinski definition) is 4. The first kappa shape index (κ1) is 12.3. The van der Waals surface area contributed by atoms with Crippen LogP contribution >= 0.6 is 0 Å². The molecule has 1 heterocycles. The molecule has 1 aliphatic carbocycles. The quantitative estimate of drug-likeness (QED) is 0.414. The van der Waals surface area contributed by atoms with Gasteiger partial charge in [0.05, 0.1) is 6.33 Å². The van der Waals surface area contributed by atoms with Crippen LogP contribution in [0, 0.1) is 0 Å². The minimum atomic E-state index is -0.0433. The van der Waals surface area contributed by atoms with Gasteiger partial charge >= 0.3 is 0 Å². The third-order valence-corrected chi connectivity index (χ3v) is 3.15. The smallest absolute Gasteiger partial charge is 0.212 e. The Morgan fingerprint density at radius 3 is 2.90 bits per heavy atom. The summed E-state index contributed by atoms with van der Waals surface area (Å²) < 4.78 is 1.70. The molecule has 0 saturated heterocycles. The monoisotopic (exact) mass is 267 g/mol. The van der Waals surface area contributed by atoms with Crippen LogP contribution in [0.4, 0.5) is 0 Å². The fourth-order valence-electron chi connectivity index (χ4n) is 2.26. The summed E-state index contributed by atoms with van der Waals surface area (Å²) in [5.41, 5.74) is 3.03. The van der Waals surface area contributed by atoms with Crippen LogP contribution in [-0.2, 0) is 11.9 Å². The Morgan fingerprint density at radius 1 is 1.40 bits per heavy atom. The number of hydrogen-bond donors (Lipinski definition) is 0. The molecule has 100 valence electrons. The van der Waals surface area contributed by atoms with E-state index < -0.39 is 0 Å². The predicted molar refractivity (Wildman–Crippen MR) is 74.9 cm³/mol. The lowest BCUT2D eigenvalue weighted by atomic mass is 9.89. The summed E-state index contributed by atoms with van der Waals surface area (Å²) in [5, 5.41) is 4.12. The number of carbonyl (C=O) groups excluding carboxylic acids is 1. The molecule has 20 heavy (non-hydrogen) atoms. The van der Waals surface area contributed by atoms with Gasteiger partial charge in [0.2, 0.25) is 5.78 Å². The average Bonchev–Trinajstić information content (AvgIpc) is 2.85. The van der Waals surface area contributed by atoms with Crippen LogP contribution in [0.1, 0.15) is 27.3 Å². The standard InChI is InChI=1S/C15H13N3O2/c1-3-8-20-17-12-10-6-4-5-7-11(10)15(19)14-13(12)16-9-18(14)2/h3-7,9H,1,8H2,2H3/b17-12+. The molecule has 0 N–H and O–H groups in total. The van der Waals surface area contributed by atoms with Gasteiger partial charge in [-0.1, -0.05) is 42.1 Å². The molecular weight excluding hydrogens is 254 g/mol. The van der Waals surface area contributed by atoms with E-state index in [2.05, 4.69) is 16.7 Å². The molecule has 0 unspecified atom stereocenters. The summed E-state index contributed by atoms with van der Waals surface area (Å²) in [5.74, 6) is -0.0433. The molecule has 0 aliphatic heterocycles. The van der Waals surface area contributed by atoms with Crippen molar-refractivity contribution in [3.63, 3.8) is 0 Å². The van der Waals surface area contributed by atoms with Gasteiger partial charge in [-0.2, -0.15) is 0 Å². The zero-order valence-corrected chi connectivity index (χ0v) is 11.0. The molecule has 0 saturated carbocycles. The van der Waals surface area contributed by atoms with Gasteiger partial charge in [0.25, 0.3) is 0 Å². The topological polar surface area (TPSA) is 56.5 Å². The van der Waals surface area contributed by atoms with E-state index in [1.165, 1.54) is 0 Å². The van der Waals surface area contributed by atoms with Gasteiger partial charge in [0, 0.05) is 18.2 Å². The highest BCUT2D eigenvalue weighted by atomic mass is 16.6. The van der Waals surface area contributed by atoms with Crippen LogP contribution in [0.5, 0.6) is 0 Å². The van der Waals surface area contributed by atoms with Gasteiger partial charge in [-0.15, -0.1) is 0 Å². The molecule has 0 amide bonds. The van der Waals surface area contributed by atoms with Crippen LogP contribution in [0.25, 0.3) is 0 Å². The highest BCUT2D eigenvalue weighted by molar-refractivity contribution is 6.28. The molecule has 2 aromatic rings. The summed E-state index contributed by atoms with van der Waals surface area (Å²) in [6, 6.07) is 7.33. The van der Waals surface area contributed by atoms with Crippen molar-refractivity contribution in [2.45, 2.75) is 0 Å². The number of ketones is 1. The van der Waals surface area contributed by atoms with Crippen molar-refractivity contribution in [2.24, 2.45) is 12.2 Å². The molecule has 0 bridgehead atoms. The van der Waals surface area contributed by atoms with E-state index in [4.69, 9.17) is 4.84 Å². The predicted octanol–water partition coefficient (Wildman–Crippen LogP) is 1.92. The molecule has 0 fully saturated rings.